The maximum absolute atomic E-state index is 14.7. The summed E-state index contributed by atoms with van der Waals surface area (Å²) in [4.78, 5) is 33.4. The van der Waals surface area contributed by atoms with Crippen molar-refractivity contribution >= 4 is 22.3 Å². The standard InChI is InChI=1S/C28H23FN2O2/c29-26-14-21(6-7-23(26)27(32)8-4-18-2-1-10-30-16-18)24-15-25(24)28(33)13-19-3-5-22-17-31-11-9-20(22)12-19/h1-3,5-7,9-12,14,16-17,24-25H,4,8,13,15H2/t24-,25+/m0/s1. The van der Waals surface area contributed by atoms with Crippen LogP contribution in [0.2, 0.25) is 0 Å². The molecule has 164 valence electrons. The molecule has 2 aromatic heterocycles. The maximum Gasteiger partial charge on any atom is 0.166 e. The van der Waals surface area contributed by atoms with Crippen molar-refractivity contribution in [3.05, 3.63) is 107 Å². The summed E-state index contributed by atoms with van der Waals surface area (Å²) < 4.78 is 14.7. The summed E-state index contributed by atoms with van der Waals surface area (Å²) in [5, 5.41) is 2.11. The van der Waals surface area contributed by atoms with Gasteiger partial charge in [0.2, 0.25) is 0 Å². The molecule has 0 amide bonds. The number of carbonyl (C=O) groups is 2. The van der Waals surface area contributed by atoms with Crippen LogP contribution >= 0.6 is 0 Å². The second-order valence-corrected chi connectivity index (χ2v) is 8.67. The Kier molecular flexibility index (Phi) is 5.78. The van der Waals surface area contributed by atoms with Gasteiger partial charge in [0.25, 0.3) is 0 Å². The topological polar surface area (TPSA) is 59.9 Å². The fourth-order valence-corrected chi connectivity index (χ4v) is 4.42. The van der Waals surface area contributed by atoms with Crippen LogP contribution in [0.15, 0.2) is 79.4 Å². The number of benzene rings is 2. The first-order valence-corrected chi connectivity index (χ1v) is 11.2. The Labute approximate surface area is 191 Å². The van der Waals surface area contributed by atoms with E-state index in [1.807, 2.05) is 36.4 Å². The molecule has 4 nitrogen and oxygen atoms in total. The summed E-state index contributed by atoms with van der Waals surface area (Å²) >= 11 is 0. The highest BCUT2D eigenvalue weighted by Gasteiger charge is 2.43. The number of aryl methyl sites for hydroxylation is 1. The number of hydrogen-bond acceptors (Lipinski definition) is 4. The molecule has 2 atom stereocenters. The zero-order valence-corrected chi connectivity index (χ0v) is 18.1. The fraction of sp³-hybridized carbons (Fsp3) is 0.214. The zero-order valence-electron chi connectivity index (χ0n) is 18.1. The molecule has 2 aromatic carbocycles. The van der Waals surface area contributed by atoms with Gasteiger partial charge in [-0.1, -0.05) is 30.3 Å². The van der Waals surface area contributed by atoms with E-state index in [0.717, 1.165) is 33.9 Å². The van der Waals surface area contributed by atoms with Crippen LogP contribution in [0.4, 0.5) is 4.39 Å². The van der Waals surface area contributed by atoms with Gasteiger partial charge in [0.1, 0.15) is 11.6 Å². The zero-order chi connectivity index (χ0) is 22.8. The Morgan fingerprint density at radius 2 is 1.79 bits per heavy atom. The van der Waals surface area contributed by atoms with Gasteiger partial charge in [0.05, 0.1) is 5.56 Å². The van der Waals surface area contributed by atoms with Crippen LogP contribution in [0.5, 0.6) is 0 Å². The smallest absolute Gasteiger partial charge is 0.166 e. The predicted octanol–water partition coefficient (Wildman–Crippen LogP) is 5.50. The largest absolute Gasteiger partial charge is 0.299 e. The van der Waals surface area contributed by atoms with Gasteiger partial charge in [0.15, 0.2) is 5.78 Å². The number of fused-ring (bicyclic) bond motifs is 1. The van der Waals surface area contributed by atoms with Crippen LogP contribution in [0.25, 0.3) is 10.8 Å². The molecular formula is C28H23FN2O2. The van der Waals surface area contributed by atoms with E-state index in [1.54, 1.807) is 36.9 Å². The van der Waals surface area contributed by atoms with Crippen molar-refractivity contribution in [3.63, 3.8) is 0 Å². The lowest BCUT2D eigenvalue weighted by Crippen LogP contribution is -2.07. The first-order valence-electron chi connectivity index (χ1n) is 11.2. The number of nitrogens with zero attached hydrogens (tertiary/aromatic N) is 2. The van der Waals surface area contributed by atoms with Crippen molar-refractivity contribution < 1.29 is 14.0 Å². The summed E-state index contributed by atoms with van der Waals surface area (Å²) in [5.41, 5.74) is 2.83. The van der Waals surface area contributed by atoms with Crippen molar-refractivity contribution in [2.24, 2.45) is 5.92 Å². The first kappa shape index (κ1) is 21.1. The highest BCUT2D eigenvalue weighted by atomic mass is 19.1. The van der Waals surface area contributed by atoms with E-state index in [2.05, 4.69) is 9.97 Å². The van der Waals surface area contributed by atoms with Crippen LogP contribution in [0.1, 0.15) is 45.8 Å². The third kappa shape index (κ3) is 4.72. The third-order valence-electron chi connectivity index (χ3n) is 6.37. The van der Waals surface area contributed by atoms with E-state index in [-0.39, 0.29) is 35.4 Å². The Morgan fingerprint density at radius 1 is 0.909 bits per heavy atom. The van der Waals surface area contributed by atoms with Gasteiger partial charge in [-0.25, -0.2) is 4.39 Å². The normalized spacial score (nSPS) is 17.1. The molecule has 5 rings (SSSR count). The molecule has 4 aromatic rings. The average Bonchev–Trinajstić information content (AvgIpc) is 3.64. The molecule has 0 bridgehead atoms. The summed E-state index contributed by atoms with van der Waals surface area (Å²) in [6.45, 7) is 0. The highest BCUT2D eigenvalue weighted by molar-refractivity contribution is 5.96. The maximum atomic E-state index is 14.7. The molecule has 0 spiro atoms. The van der Waals surface area contributed by atoms with Gasteiger partial charge in [-0.15, -0.1) is 0 Å². The number of hydrogen-bond donors (Lipinski definition) is 0. The van der Waals surface area contributed by atoms with Gasteiger partial charge in [-0.3, -0.25) is 19.6 Å². The molecular weight excluding hydrogens is 415 g/mol. The fourth-order valence-electron chi connectivity index (χ4n) is 4.42. The molecule has 1 fully saturated rings. The summed E-state index contributed by atoms with van der Waals surface area (Å²) in [7, 11) is 0. The van der Waals surface area contributed by atoms with Crippen molar-refractivity contribution in [1.29, 1.82) is 0 Å². The lowest BCUT2D eigenvalue weighted by Gasteiger charge is -2.07. The Balaban J connectivity index is 1.21. The van der Waals surface area contributed by atoms with Gasteiger partial charge < -0.3 is 0 Å². The molecule has 0 unspecified atom stereocenters. The molecule has 2 heterocycles. The van der Waals surface area contributed by atoms with Crippen LogP contribution in [0.3, 0.4) is 0 Å². The van der Waals surface area contributed by atoms with E-state index in [4.69, 9.17) is 0 Å². The van der Waals surface area contributed by atoms with Crippen LogP contribution in [-0.4, -0.2) is 21.5 Å². The van der Waals surface area contributed by atoms with Crippen molar-refractivity contribution in [1.82, 2.24) is 9.97 Å². The first-order chi connectivity index (χ1) is 16.1. The van der Waals surface area contributed by atoms with E-state index in [0.29, 0.717) is 12.8 Å². The number of halogens is 1. The van der Waals surface area contributed by atoms with Gasteiger partial charge in [-0.2, -0.15) is 0 Å². The molecule has 0 aliphatic heterocycles. The van der Waals surface area contributed by atoms with Gasteiger partial charge in [-0.05, 0) is 65.1 Å². The molecule has 5 heteroatoms. The van der Waals surface area contributed by atoms with E-state index < -0.39 is 5.82 Å². The quantitative estimate of drug-likeness (QED) is 0.341. The molecule has 0 saturated heterocycles. The van der Waals surface area contributed by atoms with E-state index in [1.165, 1.54) is 6.07 Å². The second-order valence-electron chi connectivity index (χ2n) is 8.67. The highest BCUT2D eigenvalue weighted by Crippen LogP contribution is 2.48. The predicted molar refractivity (Wildman–Crippen MR) is 125 cm³/mol. The van der Waals surface area contributed by atoms with Crippen molar-refractivity contribution in [2.45, 2.75) is 31.6 Å². The minimum Gasteiger partial charge on any atom is -0.299 e. The molecule has 1 saturated carbocycles. The minimum atomic E-state index is -0.509. The lowest BCUT2D eigenvalue weighted by molar-refractivity contribution is -0.119. The second kappa shape index (κ2) is 9.02. The van der Waals surface area contributed by atoms with Gasteiger partial charge in [0, 0.05) is 48.9 Å². The molecule has 33 heavy (non-hydrogen) atoms. The Morgan fingerprint density at radius 3 is 2.61 bits per heavy atom. The number of aromatic nitrogens is 2. The van der Waals surface area contributed by atoms with Crippen LogP contribution in [-0.2, 0) is 17.6 Å². The Hall–Kier alpha value is -3.73. The molecule has 0 N–H and O–H groups in total. The monoisotopic (exact) mass is 438 g/mol. The summed E-state index contributed by atoms with van der Waals surface area (Å²) in [6, 6.07) is 16.4. The molecule has 0 radical (unpaired) electrons. The molecule has 1 aliphatic rings. The summed E-state index contributed by atoms with van der Waals surface area (Å²) in [6.07, 6.45) is 8.79. The number of Topliss-reactive ketones (excluding diaryl/α,β-unsaturated/α-hetero) is 2. The van der Waals surface area contributed by atoms with Crippen molar-refractivity contribution in [2.75, 3.05) is 0 Å². The van der Waals surface area contributed by atoms with Gasteiger partial charge >= 0.3 is 0 Å². The Bertz CT molecular complexity index is 1340. The minimum absolute atomic E-state index is 0.0243. The number of carbonyl (C=O) groups excluding carboxylic acids is 2. The van der Waals surface area contributed by atoms with Crippen LogP contribution < -0.4 is 0 Å². The number of rotatable bonds is 8. The average molecular weight is 439 g/mol. The number of ketones is 2. The third-order valence-corrected chi connectivity index (χ3v) is 6.37. The molecule has 1 aliphatic carbocycles. The van der Waals surface area contributed by atoms with E-state index >= 15 is 0 Å². The van der Waals surface area contributed by atoms with E-state index in [9.17, 15) is 14.0 Å². The van der Waals surface area contributed by atoms with Crippen LogP contribution in [0, 0.1) is 11.7 Å². The lowest BCUT2D eigenvalue weighted by atomic mass is 9.98. The number of pyridine rings is 2. The summed E-state index contributed by atoms with van der Waals surface area (Å²) in [5.74, 6) is -0.630. The van der Waals surface area contributed by atoms with Crippen molar-refractivity contribution in [3.8, 4) is 0 Å². The SMILES string of the molecule is O=C(CCc1cccnc1)c1ccc([C@@H]2C[C@H]2C(=O)Cc2ccc3cnccc3c2)cc1F.